The molecule has 1 amide bonds. The molecule has 5 nitrogen and oxygen atoms in total. The fraction of sp³-hybridized carbons (Fsp3) is 0.300. The minimum atomic E-state index is -0.364. The third-order valence-electron chi connectivity index (χ3n) is 4.53. The Morgan fingerprint density at radius 1 is 1.16 bits per heavy atom. The van der Waals surface area contributed by atoms with Crippen molar-refractivity contribution in [2.75, 3.05) is 18.6 Å². The van der Waals surface area contributed by atoms with Crippen molar-refractivity contribution >= 4 is 17.6 Å². The number of anilines is 1. The summed E-state index contributed by atoms with van der Waals surface area (Å²) in [4.78, 5) is 25.9. The van der Waals surface area contributed by atoms with Crippen LogP contribution in [0.15, 0.2) is 48.5 Å². The number of amides is 1. The van der Waals surface area contributed by atoms with Crippen LogP contribution in [0, 0.1) is 0 Å². The summed E-state index contributed by atoms with van der Waals surface area (Å²) >= 11 is 0. The van der Waals surface area contributed by atoms with E-state index in [0.29, 0.717) is 24.7 Å². The Balaban J connectivity index is 1.56. The minimum absolute atomic E-state index is 0.0133. The maximum Gasteiger partial charge on any atom is 0.337 e. The molecule has 0 radical (unpaired) electrons. The number of esters is 1. The van der Waals surface area contributed by atoms with Gasteiger partial charge in [-0.1, -0.05) is 30.3 Å². The number of fused-ring (bicyclic) bond motifs is 1. The molecule has 0 unspecified atom stereocenters. The highest BCUT2D eigenvalue weighted by Crippen LogP contribution is 2.31. The van der Waals surface area contributed by atoms with Gasteiger partial charge in [-0.15, -0.1) is 0 Å². The average molecular weight is 338 g/mol. The van der Waals surface area contributed by atoms with E-state index in [9.17, 15) is 9.59 Å². The van der Waals surface area contributed by atoms with E-state index in [1.807, 2.05) is 24.3 Å². The summed E-state index contributed by atoms with van der Waals surface area (Å²) in [6.45, 7) is 2.92. The van der Waals surface area contributed by atoms with Crippen LogP contribution in [0.5, 0.6) is 0 Å². The van der Waals surface area contributed by atoms with E-state index in [4.69, 9.17) is 0 Å². The molecule has 1 atom stereocenters. The van der Waals surface area contributed by atoms with Crippen molar-refractivity contribution in [3.8, 4) is 0 Å². The molecule has 1 aliphatic rings. The Labute approximate surface area is 147 Å². The molecule has 25 heavy (non-hydrogen) atoms. The number of hydrogen-bond acceptors (Lipinski definition) is 4. The van der Waals surface area contributed by atoms with Crippen molar-refractivity contribution in [1.29, 1.82) is 0 Å². The minimum Gasteiger partial charge on any atom is -0.465 e. The maximum absolute atomic E-state index is 12.3. The molecular weight excluding hydrogens is 316 g/mol. The number of methoxy groups -OCH3 is 1. The average Bonchev–Trinajstić information content (AvgIpc) is 2.95. The second-order valence-electron chi connectivity index (χ2n) is 6.27. The van der Waals surface area contributed by atoms with Crippen LogP contribution in [0.4, 0.5) is 5.69 Å². The highest BCUT2D eigenvalue weighted by Gasteiger charge is 2.26. The predicted molar refractivity (Wildman–Crippen MR) is 96.6 cm³/mol. The lowest BCUT2D eigenvalue weighted by atomic mass is 10.1. The lowest BCUT2D eigenvalue weighted by Crippen LogP contribution is -2.39. The number of hydrogen-bond donors (Lipinski definition) is 1. The molecule has 130 valence electrons. The summed E-state index contributed by atoms with van der Waals surface area (Å²) in [5.41, 5.74) is 3.88. The van der Waals surface area contributed by atoms with Gasteiger partial charge in [-0.05, 0) is 42.7 Å². The summed E-state index contributed by atoms with van der Waals surface area (Å²) < 4.78 is 4.67. The molecule has 0 saturated carbocycles. The molecule has 0 aliphatic carbocycles. The standard InChI is InChI=1S/C20H22N2O3/c1-14-11-17-5-3-4-6-18(17)22(14)13-19(23)21-12-15-7-9-16(10-8-15)20(24)25-2/h3-10,14H,11-13H2,1-2H3,(H,21,23)/t14-/m1/s1. The number of nitrogens with one attached hydrogen (secondary N) is 1. The number of para-hydroxylation sites is 1. The van der Waals surface area contributed by atoms with Crippen molar-refractivity contribution in [3.05, 3.63) is 65.2 Å². The summed E-state index contributed by atoms with van der Waals surface area (Å²) in [5, 5.41) is 2.94. The van der Waals surface area contributed by atoms with E-state index in [0.717, 1.165) is 17.7 Å². The van der Waals surface area contributed by atoms with E-state index >= 15 is 0 Å². The zero-order valence-corrected chi connectivity index (χ0v) is 14.5. The summed E-state index contributed by atoms with van der Waals surface area (Å²) in [5.74, 6) is -0.377. The van der Waals surface area contributed by atoms with Crippen LogP contribution >= 0.6 is 0 Å². The quantitative estimate of drug-likeness (QED) is 0.851. The van der Waals surface area contributed by atoms with Gasteiger partial charge in [0.25, 0.3) is 0 Å². The van der Waals surface area contributed by atoms with Gasteiger partial charge in [-0.25, -0.2) is 4.79 Å². The first-order chi connectivity index (χ1) is 12.1. The molecule has 5 heteroatoms. The van der Waals surface area contributed by atoms with Crippen LogP contribution in [-0.4, -0.2) is 31.6 Å². The van der Waals surface area contributed by atoms with Gasteiger partial charge in [0.2, 0.25) is 5.91 Å². The molecule has 1 N–H and O–H groups in total. The normalized spacial score (nSPS) is 15.6. The molecule has 1 aliphatic heterocycles. The first kappa shape index (κ1) is 17.0. The van der Waals surface area contributed by atoms with Crippen molar-refractivity contribution in [1.82, 2.24) is 5.32 Å². The van der Waals surface area contributed by atoms with E-state index in [2.05, 4.69) is 34.0 Å². The molecule has 2 aromatic rings. The van der Waals surface area contributed by atoms with E-state index in [1.165, 1.54) is 12.7 Å². The first-order valence-electron chi connectivity index (χ1n) is 8.37. The van der Waals surface area contributed by atoms with Gasteiger partial charge in [0.05, 0.1) is 19.2 Å². The zero-order chi connectivity index (χ0) is 17.8. The van der Waals surface area contributed by atoms with Gasteiger partial charge >= 0.3 is 5.97 Å². The highest BCUT2D eigenvalue weighted by molar-refractivity contribution is 5.89. The number of carbonyl (C=O) groups is 2. The largest absolute Gasteiger partial charge is 0.465 e. The van der Waals surface area contributed by atoms with Crippen LogP contribution in [0.2, 0.25) is 0 Å². The fourth-order valence-electron chi connectivity index (χ4n) is 3.16. The summed E-state index contributed by atoms with van der Waals surface area (Å²) in [6.07, 6.45) is 0.971. The molecule has 2 aromatic carbocycles. The highest BCUT2D eigenvalue weighted by atomic mass is 16.5. The van der Waals surface area contributed by atoms with Gasteiger partial charge in [-0.3, -0.25) is 4.79 Å². The molecule has 0 spiro atoms. The second-order valence-corrected chi connectivity index (χ2v) is 6.27. The lowest BCUT2D eigenvalue weighted by molar-refractivity contribution is -0.120. The third-order valence-corrected chi connectivity index (χ3v) is 4.53. The first-order valence-corrected chi connectivity index (χ1v) is 8.37. The maximum atomic E-state index is 12.3. The number of carbonyl (C=O) groups excluding carboxylic acids is 2. The SMILES string of the molecule is COC(=O)c1ccc(CNC(=O)CN2c3ccccc3C[C@H]2C)cc1. The summed E-state index contributed by atoms with van der Waals surface area (Å²) in [6, 6.07) is 15.6. The zero-order valence-electron chi connectivity index (χ0n) is 14.5. The molecular formula is C20H22N2O3. The van der Waals surface area contributed by atoms with Gasteiger partial charge < -0.3 is 15.0 Å². The van der Waals surface area contributed by atoms with Crippen LogP contribution in [-0.2, 0) is 22.5 Å². The lowest BCUT2D eigenvalue weighted by Gasteiger charge is -2.24. The van der Waals surface area contributed by atoms with Gasteiger partial charge in [0.1, 0.15) is 0 Å². The molecule has 1 heterocycles. The summed E-state index contributed by atoms with van der Waals surface area (Å²) in [7, 11) is 1.36. The third kappa shape index (κ3) is 3.82. The molecule has 0 saturated heterocycles. The van der Waals surface area contributed by atoms with Gasteiger partial charge in [0.15, 0.2) is 0 Å². The number of benzene rings is 2. The predicted octanol–water partition coefficient (Wildman–Crippen LogP) is 2.54. The number of rotatable bonds is 5. The smallest absolute Gasteiger partial charge is 0.337 e. The Morgan fingerprint density at radius 3 is 2.60 bits per heavy atom. The molecule has 3 rings (SSSR count). The fourth-order valence-corrected chi connectivity index (χ4v) is 3.16. The van der Waals surface area contributed by atoms with Gasteiger partial charge in [-0.2, -0.15) is 0 Å². The molecule has 0 aromatic heterocycles. The van der Waals surface area contributed by atoms with E-state index < -0.39 is 0 Å². The second kappa shape index (κ2) is 7.38. The Morgan fingerprint density at radius 2 is 1.88 bits per heavy atom. The Bertz CT molecular complexity index is 771. The van der Waals surface area contributed by atoms with Crippen LogP contribution < -0.4 is 10.2 Å². The molecule has 0 fully saturated rings. The van der Waals surface area contributed by atoms with Crippen molar-refractivity contribution in [2.45, 2.75) is 25.9 Å². The van der Waals surface area contributed by atoms with Crippen LogP contribution in [0.3, 0.4) is 0 Å². The van der Waals surface area contributed by atoms with Gasteiger partial charge in [0, 0.05) is 18.3 Å². The van der Waals surface area contributed by atoms with Crippen molar-refractivity contribution < 1.29 is 14.3 Å². The monoisotopic (exact) mass is 338 g/mol. The van der Waals surface area contributed by atoms with E-state index in [1.54, 1.807) is 12.1 Å². The molecule has 0 bridgehead atoms. The van der Waals surface area contributed by atoms with Crippen LogP contribution in [0.25, 0.3) is 0 Å². The number of ether oxygens (including phenoxy) is 1. The Hall–Kier alpha value is -2.82. The van der Waals surface area contributed by atoms with E-state index in [-0.39, 0.29) is 11.9 Å². The van der Waals surface area contributed by atoms with Crippen LogP contribution in [0.1, 0.15) is 28.4 Å². The van der Waals surface area contributed by atoms with Crippen molar-refractivity contribution in [2.24, 2.45) is 0 Å². The van der Waals surface area contributed by atoms with Crippen molar-refractivity contribution in [3.63, 3.8) is 0 Å². The number of nitrogens with zero attached hydrogens (tertiary/aromatic N) is 1. The Kier molecular flexibility index (Phi) is 5.03. The topological polar surface area (TPSA) is 58.6 Å².